The Bertz CT molecular complexity index is 135. The second kappa shape index (κ2) is 4.94. The van der Waals surface area contributed by atoms with Crippen LogP contribution in [0.3, 0.4) is 0 Å². The molecule has 1 aliphatic rings. The quantitative estimate of drug-likeness (QED) is 0.664. The minimum absolute atomic E-state index is 0.623. The molecule has 78 valence electrons. The monoisotopic (exact) mass is 185 g/mol. The summed E-state index contributed by atoms with van der Waals surface area (Å²) in [6, 6.07) is 1.28. The van der Waals surface area contributed by atoms with E-state index in [0.717, 1.165) is 6.54 Å². The number of nitrogens with zero attached hydrogens (tertiary/aromatic N) is 2. The summed E-state index contributed by atoms with van der Waals surface area (Å²) in [5.74, 6) is 0. The molecule has 0 amide bonds. The molecule has 1 N–H and O–H groups in total. The minimum Gasteiger partial charge on any atom is -0.309 e. The summed E-state index contributed by atoms with van der Waals surface area (Å²) in [4.78, 5) is 4.67. The largest absolute Gasteiger partial charge is 0.309 e. The second-order valence-electron chi connectivity index (χ2n) is 4.58. The fourth-order valence-corrected chi connectivity index (χ4v) is 1.97. The summed E-state index contributed by atoms with van der Waals surface area (Å²) in [5, 5.41) is 3.66. The highest BCUT2D eigenvalue weighted by atomic mass is 15.2. The highest BCUT2D eigenvalue weighted by Crippen LogP contribution is 2.03. The molecule has 1 heterocycles. The van der Waals surface area contributed by atoms with E-state index in [2.05, 4.69) is 43.2 Å². The van der Waals surface area contributed by atoms with Crippen LogP contribution in [0, 0.1) is 0 Å². The molecule has 13 heavy (non-hydrogen) atoms. The molecule has 1 rings (SSSR count). The third kappa shape index (κ3) is 4.07. The van der Waals surface area contributed by atoms with Gasteiger partial charge in [-0.15, -0.1) is 0 Å². The SMILES string of the molecule is CC1CCN(C)CC(CN(C)C)N1. The van der Waals surface area contributed by atoms with Gasteiger partial charge in [0.1, 0.15) is 0 Å². The first-order valence-electron chi connectivity index (χ1n) is 5.17. The van der Waals surface area contributed by atoms with E-state index >= 15 is 0 Å². The molecule has 1 saturated heterocycles. The van der Waals surface area contributed by atoms with Crippen LogP contribution in [0.25, 0.3) is 0 Å². The maximum Gasteiger partial charge on any atom is 0.0324 e. The first kappa shape index (κ1) is 11.0. The first-order chi connectivity index (χ1) is 6.08. The minimum atomic E-state index is 0.623. The fourth-order valence-electron chi connectivity index (χ4n) is 1.97. The number of likely N-dealkylation sites (N-methyl/N-ethyl adjacent to an activating group) is 2. The van der Waals surface area contributed by atoms with E-state index in [-0.39, 0.29) is 0 Å². The van der Waals surface area contributed by atoms with Crippen molar-refractivity contribution >= 4 is 0 Å². The van der Waals surface area contributed by atoms with Crippen molar-refractivity contribution in [2.45, 2.75) is 25.4 Å². The predicted molar refractivity (Wildman–Crippen MR) is 57.1 cm³/mol. The standard InChI is InChI=1S/C10H23N3/c1-9-5-6-13(4)8-10(11-9)7-12(2)3/h9-11H,5-8H2,1-4H3. The van der Waals surface area contributed by atoms with Gasteiger partial charge >= 0.3 is 0 Å². The summed E-state index contributed by atoms with van der Waals surface area (Å²) in [7, 11) is 6.48. The van der Waals surface area contributed by atoms with Gasteiger partial charge in [0.25, 0.3) is 0 Å². The third-order valence-corrected chi connectivity index (χ3v) is 2.58. The van der Waals surface area contributed by atoms with Gasteiger partial charge in [0, 0.05) is 25.2 Å². The number of hydrogen-bond acceptors (Lipinski definition) is 3. The molecule has 3 nitrogen and oxygen atoms in total. The Balaban J connectivity index is 2.41. The van der Waals surface area contributed by atoms with Gasteiger partial charge in [0.05, 0.1) is 0 Å². The Morgan fingerprint density at radius 1 is 1.46 bits per heavy atom. The van der Waals surface area contributed by atoms with Crippen LogP contribution in [0.5, 0.6) is 0 Å². The van der Waals surface area contributed by atoms with Crippen molar-refractivity contribution in [3.05, 3.63) is 0 Å². The molecule has 0 bridgehead atoms. The Hall–Kier alpha value is -0.120. The van der Waals surface area contributed by atoms with Gasteiger partial charge in [0.15, 0.2) is 0 Å². The van der Waals surface area contributed by atoms with Crippen LogP contribution in [-0.2, 0) is 0 Å². The van der Waals surface area contributed by atoms with Crippen molar-refractivity contribution in [1.82, 2.24) is 15.1 Å². The summed E-state index contributed by atoms with van der Waals surface area (Å²) in [5.41, 5.74) is 0. The first-order valence-corrected chi connectivity index (χ1v) is 5.17. The van der Waals surface area contributed by atoms with Gasteiger partial charge in [-0.05, 0) is 41.0 Å². The van der Waals surface area contributed by atoms with E-state index in [9.17, 15) is 0 Å². The summed E-state index contributed by atoms with van der Waals surface area (Å²) >= 11 is 0. The Morgan fingerprint density at radius 3 is 2.77 bits per heavy atom. The maximum absolute atomic E-state index is 3.66. The van der Waals surface area contributed by atoms with Crippen LogP contribution >= 0.6 is 0 Å². The van der Waals surface area contributed by atoms with E-state index in [1.54, 1.807) is 0 Å². The third-order valence-electron chi connectivity index (χ3n) is 2.58. The molecular weight excluding hydrogens is 162 g/mol. The molecule has 0 aromatic rings. The van der Waals surface area contributed by atoms with Gasteiger partial charge < -0.3 is 15.1 Å². The number of nitrogens with one attached hydrogen (secondary N) is 1. The molecule has 1 fully saturated rings. The Kier molecular flexibility index (Phi) is 4.16. The van der Waals surface area contributed by atoms with E-state index in [1.807, 2.05) is 0 Å². The summed E-state index contributed by atoms with van der Waals surface area (Å²) in [6.45, 7) is 5.80. The Morgan fingerprint density at radius 2 is 2.15 bits per heavy atom. The summed E-state index contributed by atoms with van der Waals surface area (Å²) in [6.07, 6.45) is 1.26. The van der Waals surface area contributed by atoms with E-state index < -0.39 is 0 Å². The molecule has 2 atom stereocenters. The zero-order valence-electron chi connectivity index (χ0n) is 9.38. The average molecular weight is 185 g/mol. The van der Waals surface area contributed by atoms with Gasteiger partial charge in [-0.25, -0.2) is 0 Å². The summed E-state index contributed by atoms with van der Waals surface area (Å²) < 4.78 is 0. The van der Waals surface area contributed by atoms with Gasteiger partial charge in [-0.1, -0.05) is 0 Å². The zero-order valence-corrected chi connectivity index (χ0v) is 9.38. The molecule has 0 aliphatic carbocycles. The highest BCUT2D eigenvalue weighted by molar-refractivity contribution is 4.80. The van der Waals surface area contributed by atoms with Crippen molar-refractivity contribution in [3.63, 3.8) is 0 Å². The molecule has 1 aliphatic heterocycles. The lowest BCUT2D eigenvalue weighted by molar-refractivity contribution is 0.276. The van der Waals surface area contributed by atoms with Crippen molar-refractivity contribution in [2.24, 2.45) is 0 Å². The van der Waals surface area contributed by atoms with Gasteiger partial charge in [-0.3, -0.25) is 0 Å². The zero-order chi connectivity index (χ0) is 9.84. The average Bonchev–Trinajstić information content (AvgIpc) is 2.11. The molecule has 0 radical (unpaired) electrons. The lowest BCUT2D eigenvalue weighted by atomic mass is 10.2. The lowest BCUT2D eigenvalue weighted by Crippen LogP contribution is -2.45. The van der Waals surface area contributed by atoms with E-state index in [1.165, 1.54) is 19.5 Å². The van der Waals surface area contributed by atoms with Crippen LogP contribution in [0.2, 0.25) is 0 Å². The molecule has 0 aromatic carbocycles. The van der Waals surface area contributed by atoms with Crippen LogP contribution in [0.4, 0.5) is 0 Å². The normalized spacial score (nSPS) is 32.1. The van der Waals surface area contributed by atoms with Gasteiger partial charge in [-0.2, -0.15) is 0 Å². The van der Waals surface area contributed by atoms with Crippen LogP contribution in [-0.4, -0.2) is 62.7 Å². The number of rotatable bonds is 2. The molecular formula is C10H23N3. The Labute approximate surface area is 82.1 Å². The number of hydrogen-bond donors (Lipinski definition) is 1. The van der Waals surface area contributed by atoms with E-state index in [0.29, 0.717) is 12.1 Å². The van der Waals surface area contributed by atoms with Crippen LogP contribution in [0.1, 0.15) is 13.3 Å². The van der Waals surface area contributed by atoms with Crippen molar-refractivity contribution in [1.29, 1.82) is 0 Å². The maximum atomic E-state index is 3.66. The van der Waals surface area contributed by atoms with Crippen LogP contribution < -0.4 is 5.32 Å². The molecule has 0 aromatic heterocycles. The molecule has 2 unspecified atom stereocenters. The predicted octanol–water partition coefficient (Wildman–Crippen LogP) is 0.230. The van der Waals surface area contributed by atoms with E-state index in [4.69, 9.17) is 0 Å². The van der Waals surface area contributed by atoms with Crippen LogP contribution in [0.15, 0.2) is 0 Å². The topological polar surface area (TPSA) is 18.5 Å². The van der Waals surface area contributed by atoms with Crippen molar-refractivity contribution < 1.29 is 0 Å². The fraction of sp³-hybridized carbons (Fsp3) is 1.00. The molecule has 0 spiro atoms. The van der Waals surface area contributed by atoms with Crippen molar-refractivity contribution in [2.75, 3.05) is 40.8 Å². The van der Waals surface area contributed by atoms with Crippen molar-refractivity contribution in [3.8, 4) is 0 Å². The second-order valence-corrected chi connectivity index (χ2v) is 4.58. The highest BCUT2D eigenvalue weighted by Gasteiger charge is 2.19. The molecule has 0 saturated carbocycles. The smallest absolute Gasteiger partial charge is 0.0324 e. The lowest BCUT2D eigenvalue weighted by Gasteiger charge is -2.24. The molecule has 3 heteroatoms. The van der Waals surface area contributed by atoms with Gasteiger partial charge in [0.2, 0.25) is 0 Å².